The number of aliphatic hydroxyl groups is 1. The molecule has 0 aliphatic carbocycles. The Morgan fingerprint density at radius 1 is 1.18 bits per heavy atom. The molecule has 0 atom stereocenters. The number of nitrogens with zero attached hydrogens (tertiary/aromatic N) is 1. The Hall–Kier alpha value is -1.16. The van der Waals surface area contributed by atoms with Crippen molar-refractivity contribution in [1.82, 2.24) is 4.98 Å². The van der Waals surface area contributed by atoms with Crippen molar-refractivity contribution in [2.24, 2.45) is 0 Å². The fourth-order valence-corrected chi connectivity index (χ4v) is 1.84. The highest BCUT2D eigenvalue weighted by Gasteiger charge is 2.13. The molecule has 0 amide bonds. The van der Waals surface area contributed by atoms with E-state index in [0.29, 0.717) is 16.3 Å². The van der Waals surface area contributed by atoms with Crippen LogP contribution in [0, 0.1) is 5.82 Å². The second-order valence-corrected chi connectivity index (χ2v) is 4.18. The molecule has 5 heteroatoms. The normalized spacial score (nSPS) is 10.6. The minimum atomic E-state index is -0.508. The first-order valence-corrected chi connectivity index (χ1v) is 5.59. The average molecular weight is 272 g/mol. The second-order valence-electron chi connectivity index (χ2n) is 3.39. The van der Waals surface area contributed by atoms with Crippen LogP contribution < -0.4 is 0 Å². The minimum Gasteiger partial charge on any atom is -0.390 e. The topological polar surface area (TPSA) is 33.1 Å². The van der Waals surface area contributed by atoms with Crippen molar-refractivity contribution >= 4 is 23.2 Å². The summed E-state index contributed by atoms with van der Waals surface area (Å²) >= 11 is 11.9. The Kier molecular flexibility index (Phi) is 3.62. The fraction of sp³-hybridized carbons (Fsp3) is 0.0833. The Bertz CT molecular complexity index is 560. The molecule has 0 aliphatic heterocycles. The summed E-state index contributed by atoms with van der Waals surface area (Å²) in [5, 5.41) is 9.56. The van der Waals surface area contributed by atoms with Crippen molar-refractivity contribution in [2.75, 3.05) is 0 Å². The summed E-state index contributed by atoms with van der Waals surface area (Å²) in [5.74, 6) is -0.508. The van der Waals surface area contributed by atoms with Crippen LogP contribution >= 0.6 is 23.2 Å². The summed E-state index contributed by atoms with van der Waals surface area (Å²) in [5.41, 5.74) is 0.869. The van der Waals surface area contributed by atoms with Gasteiger partial charge in [-0.05, 0) is 18.2 Å². The molecule has 0 aliphatic rings. The quantitative estimate of drug-likeness (QED) is 0.904. The lowest BCUT2D eigenvalue weighted by molar-refractivity contribution is 0.276. The lowest BCUT2D eigenvalue weighted by atomic mass is 10.1. The maximum absolute atomic E-state index is 13.7. The van der Waals surface area contributed by atoms with Gasteiger partial charge in [-0.15, -0.1) is 0 Å². The van der Waals surface area contributed by atoms with Gasteiger partial charge >= 0.3 is 0 Å². The molecule has 2 rings (SSSR count). The zero-order valence-electron chi connectivity index (χ0n) is 8.62. The van der Waals surface area contributed by atoms with E-state index in [1.165, 1.54) is 12.1 Å². The molecule has 0 saturated heterocycles. The van der Waals surface area contributed by atoms with Crippen molar-refractivity contribution in [3.05, 3.63) is 51.9 Å². The number of benzene rings is 1. The summed E-state index contributed by atoms with van der Waals surface area (Å²) < 4.78 is 13.7. The fourth-order valence-electron chi connectivity index (χ4n) is 1.45. The van der Waals surface area contributed by atoms with E-state index >= 15 is 0 Å². The van der Waals surface area contributed by atoms with Crippen LogP contribution in [0.2, 0.25) is 10.0 Å². The van der Waals surface area contributed by atoms with Gasteiger partial charge in [0.1, 0.15) is 11.5 Å². The molecule has 0 fully saturated rings. The summed E-state index contributed by atoms with van der Waals surface area (Å²) in [7, 11) is 0. The summed E-state index contributed by atoms with van der Waals surface area (Å²) in [4.78, 5) is 3.99. The lowest BCUT2D eigenvalue weighted by Gasteiger charge is -2.07. The van der Waals surface area contributed by atoms with Crippen LogP contribution in [0.25, 0.3) is 11.3 Å². The number of hydrogen-bond donors (Lipinski definition) is 1. The smallest absolute Gasteiger partial charge is 0.149 e. The summed E-state index contributed by atoms with van der Waals surface area (Å²) in [6.45, 7) is -0.258. The number of aliphatic hydroxyl groups excluding tert-OH is 1. The van der Waals surface area contributed by atoms with E-state index in [0.717, 1.165) is 0 Å². The van der Waals surface area contributed by atoms with Crippen molar-refractivity contribution in [3.8, 4) is 11.3 Å². The maximum atomic E-state index is 13.7. The molecule has 1 heterocycles. The zero-order chi connectivity index (χ0) is 12.4. The summed E-state index contributed by atoms with van der Waals surface area (Å²) in [6.07, 6.45) is 0. The SMILES string of the molecule is OCc1ccc(F)c(-c2cccc(Cl)c2Cl)n1. The van der Waals surface area contributed by atoms with Gasteiger partial charge in [0.15, 0.2) is 0 Å². The predicted molar refractivity (Wildman–Crippen MR) is 65.6 cm³/mol. The Morgan fingerprint density at radius 3 is 2.65 bits per heavy atom. The predicted octanol–water partition coefficient (Wildman–Crippen LogP) is 3.69. The Morgan fingerprint density at radius 2 is 1.94 bits per heavy atom. The van der Waals surface area contributed by atoms with Crippen molar-refractivity contribution in [1.29, 1.82) is 0 Å². The van der Waals surface area contributed by atoms with E-state index in [1.807, 2.05) is 0 Å². The molecule has 0 spiro atoms. The van der Waals surface area contributed by atoms with E-state index < -0.39 is 5.82 Å². The van der Waals surface area contributed by atoms with Crippen LogP contribution in [0.5, 0.6) is 0 Å². The molecule has 0 unspecified atom stereocenters. The van der Waals surface area contributed by atoms with Crippen molar-refractivity contribution < 1.29 is 9.50 Å². The molecule has 0 saturated carbocycles. The Balaban J connectivity index is 2.63. The number of hydrogen-bond acceptors (Lipinski definition) is 2. The van der Waals surface area contributed by atoms with Crippen molar-refractivity contribution in [3.63, 3.8) is 0 Å². The van der Waals surface area contributed by atoms with Crippen LogP contribution in [0.1, 0.15) is 5.69 Å². The van der Waals surface area contributed by atoms with Crippen LogP contribution in [0.4, 0.5) is 4.39 Å². The molecule has 0 radical (unpaired) electrons. The number of aromatic nitrogens is 1. The van der Waals surface area contributed by atoms with Crippen LogP contribution in [0.15, 0.2) is 30.3 Å². The molecular formula is C12H8Cl2FNO. The van der Waals surface area contributed by atoms with E-state index in [4.69, 9.17) is 28.3 Å². The highest BCUT2D eigenvalue weighted by molar-refractivity contribution is 6.43. The van der Waals surface area contributed by atoms with Gasteiger partial charge in [0.25, 0.3) is 0 Å². The highest BCUT2D eigenvalue weighted by Crippen LogP contribution is 2.33. The lowest BCUT2D eigenvalue weighted by Crippen LogP contribution is -1.96. The summed E-state index contributed by atoms with van der Waals surface area (Å²) in [6, 6.07) is 7.56. The molecule has 1 N–H and O–H groups in total. The van der Waals surface area contributed by atoms with Gasteiger partial charge in [-0.25, -0.2) is 9.37 Å². The monoisotopic (exact) mass is 271 g/mol. The van der Waals surface area contributed by atoms with E-state index in [1.54, 1.807) is 18.2 Å². The molecular weight excluding hydrogens is 264 g/mol. The molecule has 1 aromatic carbocycles. The number of rotatable bonds is 2. The van der Waals surface area contributed by atoms with Gasteiger partial charge in [-0.2, -0.15) is 0 Å². The number of pyridine rings is 1. The van der Waals surface area contributed by atoms with E-state index in [9.17, 15) is 4.39 Å². The van der Waals surface area contributed by atoms with Gasteiger partial charge < -0.3 is 5.11 Å². The molecule has 2 aromatic rings. The third-order valence-corrected chi connectivity index (χ3v) is 3.09. The zero-order valence-corrected chi connectivity index (χ0v) is 10.1. The first-order chi connectivity index (χ1) is 8.13. The van der Waals surface area contributed by atoms with Gasteiger partial charge in [0.05, 0.1) is 22.3 Å². The van der Waals surface area contributed by atoms with Gasteiger partial charge in [-0.3, -0.25) is 0 Å². The third-order valence-electron chi connectivity index (χ3n) is 2.27. The average Bonchev–Trinajstić information content (AvgIpc) is 2.34. The van der Waals surface area contributed by atoms with E-state index in [-0.39, 0.29) is 17.3 Å². The van der Waals surface area contributed by atoms with E-state index in [2.05, 4.69) is 4.98 Å². The van der Waals surface area contributed by atoms with Gasteiger partial charge in [0.2, 0.25) is 0 Å². The highest BCUT2D eigenvalue weighted by atomic mass is 35.5. The van der Waals surface area contributed by atoms with Gasteiger partial charge in [-0.1, -0.05) is 35.3 Å². The van der Waals surface area contributed by atoms with Gasteiger partial charge in [0, 0.05) is 5.56 Å². The number of halogens is 3. The van der Waals surface area contributed by atoms with Crippen LogP contribution in [-0.2, 0) is 6.61 Å². The maximum Gasteiger partial charge on any atom is 0.149 e. The molecule has 1 aromatic heterocycles. The molecule has 2 nitrogen and oxygen atoms in total. The van der Waals surface area contributed by atoms with Crippen molar-refractivity contribution in [2.45, 2.75) is 6.61 Å². The molecule has 17 heavy (non-hydrogen) atoms. The minimum absolute atomic E-state index is 0.0871. The first kappa shape index (κ1) is 12.3. The molecule has 88 valence electrons. The second kappa shape index (κ2) is 5.00. The standard InChI is InChI=1S/C12H8Cl2FNO/c13-9-3-1-2-8(11(9)14)12-10(15)5-4-7(6-17)16-12/h1-5,17H,6H2. The Labute approximate surface area is 108 Å². The third kappa shape index (κ3) is 2.41. The largest absolute Gasteiger partial charge is 0.390 e. The molecule has 0 bridgehead atoms. The van der Waals surface area contributed by atoms with Crippen LogP contribution in [0.3, 0.4) is 0 Å². The van der Waals surface area contributed by atoms with Crippen LogP contribution in [-0.4, -0.2) is 10.1 Å². The first-order valence-electron chi connectivity index (χ1n) is 4.84.